The summed E-state index contributed by atoms with van der Waals surface area (Å²) in [5.74, 6) is -1.43. The molecule has 37 heavy (non-hydrogen) atoms. The van der Waals surface area contributed by atoms with Crippen LogP contribution in [0.3, 0.4) is 0 Å². The van der Waals surface area contributed by atoms with E-state index >= 15 is 0 Å². The number of alkyl halides is 3. The van der Waals surface area contributed by atoms with Crippen LogP contribution >= 0.6 is 12.2 Å². The topological polar surface area (TPSA) is 94.6 Å². The summed E-state index contributed by atoms with van der Waals surface area (Å²) in [6, 6.07) is 12.3. The molecule has 0 aliphatic carbocycles. The van der Waals surface area contributed by atoms with E-state index in [2.05, 4.69) is 10.3 Å². The Labute approximate surface area is 241 Å². The molecule has 2 aromatic carbocycles. The van der Waals surface area contributed by atoms with Gasteiger partial charge < -0.3 is 20.0 Å². The smallest absolute Gasteiger partial charge is 0.545 e. The molecule has 1 N–H and O–H groups in total. The minimum absolute atomic E-state index is 0. The van der Waals surface area contributed by atoms with Gasteiger partial charge in [0, 0.05) is 11.8 Å². The summed E-state index contributed by atoms with van der Waals surface area (Å²) in [6.07, 6.45) is -3.21. The molecule has 0 bridgehead atoms. The number of aromatic carboxylic acids is 1. The van der Waals surface area contributed by atoms with E-state index in [1.165, 1.54) is 40.3 Å². The molecule has 1 atom stereocenters. The van der Waals surface area contributed by atoms with E-state index in [1.807, 2.05) is 0 Å². The van der Waals surface area contributed by atoms with Gasteiger partial charge in [-0.05, 0) is 49.2 Å². The number of thiocarbonyl (C=S) groups is 1. The van der Waals surface area contributed by atoms with Gasteiger partial charge in [0.15, 0.2) is 17.6 Å². The number of benzene rings is 2. The SMILES string of the molecule is Cc1ccc(C(=O)[O-])cc1S(=O)N(Cc1nccc(OCC(F)(F)F)c1C)c1ccccc1NC=S.[Na+]. The molecule has 0 saturated heterocycles. The third-order valence-corrected chi connectivity index (χ3v) is 6.80. The zero-order chi connectivity index (χ0) is 26.5. The molecule has 190 valence electrons. The van der Waals surface area contributed by atoms with Crippen LogP contribution in [0.2, 0.25) is 0 Å². The maximum absolute atomic E-state index is 13.9. The zero-order valence-corrected chi connectivity index (χ0v) is 23.8. The molecule has 1 heterocycles. The number of nitrogens with one attached hydrogen (secondary N) is 1. The number of aromatic nitrogens is 1. The Hall–Kier alpha value is -2.51. The van der Waals surface area contributed by atoms with Crippen molar-refractivity contribution in [2.75, 3.05) is 16.2 Å². The van der Waals surface area contributed by atoms with Crippen molar-refractivity contribution < 1.29 is 61.6 Å². The molecule has 0 aliphatic heterocycles. The maximum Gasteiger partial charge on any atom is 1.00 e. The van der Waals surface area contributed by atoms with Gasteiger partial charge in [-0.15, -0.1) is 0 Å². The van der Waals surface area contributed by atoms with E-state index in [0.29, 0.717) is 28.2 Å². The fraction of sp³-hybridized carbons (Fsp3) is 0.208. The molecule has 3 aromatic rings. The van der Waals surface area contributed by atoms with Gasteiger partial charge >= 0.3 is 35.7 Å². The third kappa shape index (κ3) is 7.99. The number of aryl methyl sites for hydroxylation is 1. The Kier molecular flexibility index (Phi) is 11.1. The fourth-order valence-corrected chi connectivity index (χ4v) is 4.83. The molecule has 1 aromatic heterocycles. The largest absolute Gasteiger partial charge is 1.00 e. The van der Waals surface area contributed by atoms with Crippen LogP contribution in [0.1, 0.15) is 27.2 Å². The first-order chi connectivity index (χ1) is 17.0. The second kappa shape index (κ2) is 13.3. The summed E-state index contributed by atoms with van der Waals surface area (Å²) in [5.41, 5.74) is 3.30. The number of rotatable bonds is 10. The number of halogens is 3. The van der Waals surface area contributed by atoms with Crippen LogP contribution in [-0.2, 0) is 17.5 Å². The molecule has 0 amide bonds. The molecule has 0 fully saturated rings. The minimum atomic E-state index is -4.52. The van der Waals surface area contributed by atoms with Gasteiger partial charge in [0.05, 0.1) is 40.0 Å². The van der Waals surface area contributed by atoms with Crippen LogP contribution in [-0.4, -0.2) is 33.4 Å². The van der Waals surface area contributed by atoms with E-state index in [-0.39, 0.29) is 52.3 Å². The Morgan fingerprint density at radius 1 is 1.22 bits per heavy atom. The molecule has 13 heteroatoms. The van der Waals surface area contributed by atoms with Crippen molar-refractivity contribution in [2.24, 2.45) is 0 Å². The number of para-hydroxylation sites is 2. The summed E-state index contributed by atoms with van der Waals surface area (Å²) in [6.45, 7) is 1.66. The van der Waals surface area contributed by atoms with Gasteiger partial charge in [-0.3, -0.25) is 9.29 Å². The van der Waals surface area contributed by atoms with E-state index in [4.69, 9.17) is 17.0 Å². The first-order valence-electron chi connectivity index (χ1n) is 10.5. The Morgan fingerprint density at radius 2 is 1.92 bits per heavy atom. The van der Waals surface area contributed by atoms with E-state index in [1.54, 1.807) is 38.1 Å². The maximum atomic E-state index is 13.9. The van der Waals surface area contributed by atoms with E-state index in [0.717, 1.165) is 0 Å². The summed E-state index contributed by atoms with van der Waals surface area (Å²) in [4.78, 5) is 15.9. The van der Waals surface area contributed by atoms with Crippen molar-refractivity contribution >= 4 is 46.0 Å². The van der Waals surface area contributed by atoms with Crippen molar-refractivity contribution in [2.45, 2.75) is 31.5 Å². The average molecular weight is 560 g/mol. The van der Waals surface area contributed by atoms with Crippen molar-refractivity contribution in [3.8, 4) is 5.75 Å². The molecule has 0 saturated carbocycles. The van der Waals surface area contributed by atoms with Crippen LogP contribution in [0.15, 0.2) is 59.6 Å². The van der Waals surface area contributed by atoms with Crippen molar-refractivity contribution in [3.05, 3.63) is 77.1 Å². The Bertz CT molecular complexity index is 1310. The van der Waals surface area contributed by atoms with Crippen LogP contribution in [0.5, 0.6) is 5.75 Å². The monoisotopic (exact) mass is 559 g/mol. The number of anilines is 2. The second-order valence-corrected chi connectivity index (χ2v) is 9.23. The van der Waals surface area contributed by atoms with Gasteiger partial charge in [-0.1, -0.05) is 36.5 Å². The summed E-state index contributed by atoms with van der Waals surface area (Å²) >= 11 is 4.91. The first kappa shape index (κ1) is 30.7. The van der Waals surface area contributed by atoms with Crippen molar-refractivity contribution in [1.82, 2.24) is 4.98 Å². The Morgan fingerprint density at radius 3 is 2.57 bits per heavy atom. The summed E-state index contributed by atoms with van der Waals surface area (Å²) in [5, 5.41) is 14.3. The third-order valence-electron chi connectivity index (χ3n) is 5.14. The minimum Gasteiger partial charge on any atom is -0.545 e. The van der Waals surface area contributed by atoms with Crippen LogP contribution < -0.4 is 49.0 Å². The standard InChI is InChI=1S/C24H22F3N3O4S2.Na/c1-15-7-8-17(23(31)32)11-22(15)36(33)30(20-6-4-3-5-18(20)29-14-35)12-19-16(2)21(9-10-28-19)34-13-24(25,26)27;/h3-11,14H,12-13H2,1-2H3,(H,29,35)(H,31,32);/q;+1/p-1. The van der Waals surface area contributed by atoms with Gasteiger partial charge in [-0.2, -0.15) is 13.2 Å². The predicted molar refractivity (Wildman–Crippen MR) is 132 cm³/mol. The molecule has 0 aliphatic rings. The molecule has 1 unspecified atom stereocenters. The summed E-state index contributed by atoms with van der Waals surface area (Å²) < 4.78 is 58.4. The first-order valence-corrected chi connectivity index (χ1v) is 12.0. The molecule has 0 radical (unpaired) electrons. The molecular formula is C24H21F3N3NaO4S2. The average Bonchev–Trinajstić information content (AvgIpc) is 2.82. The molecule has 3 rings (SSSR count). The molecule has 0 spiro atoms. The second-order valence-electron chi connectivity index (χ2n) is 7.62. The van der Waals surface area contributed by atoms with Crippen molar-refractivity contribution in [3.63, 3.8) is 0 Å². The van der Waals surface area contributed by atoms with E-state index < -0.39 is 29.7 Å². The number of carboxylic acids is 1. The number of hydrogen-bond donors (Lipinski definition) is 1. The van der Waals surface area contributed by atoms with Gasteiger partial charge in [0.2, 0.25) is 0 Å². The van der Waals surface area contributed by atoms with Gasteiger partial charge in [0.1, 0.15) is 5.75 Å². The predicted octanol–water partition coefficient (Wildman–Crippen LogP) is 1.11. The summed E-state index contributed by atoms with van der Waals surface area (Å²) in [7, 11) is -1.96. The number of hydrogen-bond acceptors (Lipinski definition) is 6. The van der Waals surface area contributed by atoms with Crippen LogP contribution in [0.4, 0.5) is 24.5 Å². The van der Waals surface area contributed by atoms with Crippen molar-refractivity contribution in [1.29, 1.82) is 0 Å². The number of carbonyl (C=O) groups excluding carboxylic acids is 1. The fourth-order valence-electron chi connectivity index (χ4n) is 3.31. The number of nitrogens with zero attached hydrogens (tertiary/aromatic N) is 2. The molecular weight excluding hydrogens is 538 g/mol. The Balaban J connectivity index is 0.00000481. The van der Waals surface area contributed by atoms with E-state index in [9.17, 15) is 27.3 Å². The number of pyridine rings is 1. The quantitative estimate of drug-likeness (QED) is 0.294. The zero-order valence-electron chi connectivity index (χ0n) is 20.2. The normalized spacial score (nSPS) is 11.7. The number of carboxylic acid groups (broad SMARTS) is 1. The van der Waals surface area contributed by atoms with Crippen LogP contribution in [0, 0.1) is 13.8 Å². The van der Waals surface area contributed by atoms with Crippen LogP contribution in [0.25, 0.3) is 0 Å². The number of carbonyl (C=O) groups is 1. The van der Waals surface area contributed by atoms with Gasteiger partial charge in [0.25, 0.3) is 0 Å². The molecule has 7 nitrogen and oxygen atoms in total. The van der Waals surface area contributed by atoms with Gasteiger partial charge in [-0.25, -0.2) is 4.21 Å². The number of ether oxygens (including phenoxy) is 1.